The van der Waals surface area contributed by atoms with E-state index in [2.05, 4.69) is 11.4 Å². The van der Waals surface area contributed by atoms with Crippen LogP contribution in [0.2, 0.25) is 0 Å². The minimum atomic E-state index is -3.74. The zero-order valence-corrected chi connectivity index (χ0v) is 24.4. The molecule has 2 heterocycles. The highest BCUT2D eigenvalue weighted by atomic mass is 32.2. The fourth-order valence-electron chi connectivity index (χ4n) is 4.95. The number of allylic oxidation sites excluding steroid dienone is 3. The Bertz CT molecular complexity index is 1360. The van der Waals surface area contributed by atoms with Crippen molar-refractivity contribution >= 4 is 27.1 Å². The fraction of sp³-hybridized carbons (Fsp3) is 0.448. The van der Waals surface area contributed by atoms with Gasteiger partial charge in [0.25, 0.3) is 0 Å². The molecule has 1 aliphatic carbocycles. The summed E-state index contributed by atoms with van der Waals surface area (Å²) in [7, 11) is -3.74. The number of para-hydroxylation sites is 1. The number of Topliss-reactive ketones (excluding diaryl/α,β-unsaturated/α-hetero) is 1. The van der Waals surface area contributed by atoms with Crippen LogP contribution in [-0.4, -0.2) is 37.7 Å². The predicted molar refractivity (Wildman–Crippen MR) is 152 cm³/mol. The van der Waals surface area contributed by atoms with Crippen LogP contribution < -0.4 is 15.8 Å². The zero-order valence-electron chi connectivity index (χ0n) is 22.8. The Morgan fingerprint density at radius 1 is 1.34 bits per heavy atom. The molecular weight excluding hydrogens is 518 g/mol. The summed E-state index contributed by atoms with van der Waals surface area (Å²) in [5.74, 6) is 0.446. The molecule has 2 aromatic rings. The molecule has 205 valence electrons. The quantitative estimate of drug-likeness (QED) is 0.402. The number of hydrogen-bond donors (Lipinski definition) is 2. The Balaban J connectivity index is 1.64. The molecule has 0 unspecified atom stereocenters. The number of ketones is 1. The molecule has 0 spiro atoms. The summed E-state index contributed by atoms with van der Waals surface area (Å²) in [6.07, 6.45) is 6.62. The van der Waals surface area contributed by atoms with Crippen LogP contribution in [0.25, 0.3) is 0 Å². The summed E-state index contributed by atoms with van der Waals surface area (Å²) in [5, 5.41) is 3.15. The third-order valence-corrected chi connectivity index (χ3v) is 10.3. The third-order valence-electron chi connectivity index (χ3n) is 7.25. The van der Waals surface area contributed by atoms with Crippen molar-refractivity contribution in [3.63, 3.8) is 0 Å². The molecule has 2 atom stereocenters. The second-order valence-corrected chi connectivity index (χ2v) is 13.8. The molecule has 1 aromatic carbocycles. The molecule has 0 saturated heterocycles. The highest BCUT2D eigenvalue weighted by Crippen LogP contribution is 2.47. The SMILES string of the molecule is CCN/C=C(\N)CC[C@@H](c1cc(CN2C[C@@H](C)Oc3ccccc3S2(=O)=O)c(C)s1)C(C)(C)C(=O)C1=C[CH]1. The van der Waals surface area contributed by atoms with Crippen LogP contribution in [0.5, 0.6) is 5.75 Å². The van der Waals surface area contributed by atoms with Gasteiger partial charge >= 0.3 is 0 Å². The number of fused-ring (bicyclic) bond motifs is 1. The summed E-state index contributed by atoms with van der Waals surface area (Å²) < 4.78 is 34.6. The summed E-state index contributed by atoms with van der Waals surface area (Å²) >= 11 is 1.64. The van der Waals surface area contributed by atoms with E-state index < -0.39 is 15.4 Å². The maximum absolute atomic E-state index is 13.6. The number of sulfonamides is 1. The van der Waals surface area contributed by atoms with Crippen molar-refractivity contribution in [3.05, 3.63) is 75.6 Å². The molecule has 1 radical (unpaired) electrons. The molecule has 0 amide bonds. The van der Waals surface area contributed by atoms with Gasteiger partial charge in [0.2, 0.25) is 10.0 Å². The lowest BCUT2D eigenvalue weighted by atomic mass is 9.71. The van der Waals surface area contributed by atoms with Gasteiger partial charge in [0.1, 0.15) is 16.7 Å². The number of nitrogens with one attached hydrogen (secondary N) is 1. The molecule has 0 bridgehead atoms. The first-order valence-electron chi connectivity index (χ1n) is 13.1. The number of nitrogens with two attached hydrogens (primary N) is 1. The van der Waals surface area contributed by atoms with Gasteiger partial charge in [0, 0.05) is 58.1 Å². The van der Waals surface area contributed by atoms with Gasteiger partial charge in [0.05, 0.1) is 6.54 Å². The fourth-order valence-corrected chi connectivity index (χ4v) is 7.93. The highest BCUT2D eigenvalue weighted by Gasteiger charge is 2.42. The Kier molecular flexibility index (Phi) is 8.40. The van der Waals surface area contributed by atoms with Crippen molar-refractivity contribution in [2.24, 2.45) is 11.1 Å². The monoisotopic (exact) mass is 556 g/mol. The van der Waals surface area contributed by atoms with Gasteiger partial charge in [-0.25, -0.2) is 8.42 Å². The average Bonchev–Trinajstić information content (AvgIpc) is 3.66. The van der Waals surface area contributed by atoms with E-state index >= 15 is 0 Å². The highest BCUT2D eigenvalue weighted by molar-refractivity contribution is 7.89. The van der Waals surface area contributed by atoms with E-state index in [0.29, 0.717) is 18.6 Å². The van der Waals surface area contributed by atoms with Gasteiger partial charge in [-0.2, -0.15) is 4.31 Å². The predicted octanol–water partition coefficient (Wildman–Crippen LogP) is 5.04. The minimum absolute atomic E-state index is 0.0698. The number of benzene rings is 1. The maximum atomic E-state index is 13.6. The first kappa shape index (κ1) is 28.4. The van der Waals surface area contributed by atoms with E-state index in [1.165, 1.54) is 4.31 Å². The van der Waals surface area contributed by atoms with E-state index in [1.54, 1.807) is 35.6 Å². The molecule has 2 aliphatic rings. The zero-order chi connectivity index (χ0) is 27.7. The molecule has 9 heteroatoms. The van der Waals surface area contributed by atoms with Gasteiger partial charge in [-0.15, -0.1) is 11.3 Å². The van der Waals surface area contributed by atoms with Crippen molar-refractivity contribution in [2.75, 3.05) is 13.1 Å². The van der Waals surface area contributed by atoms with E-state index in [4.69, 9.17) is 10.5 Å². The van der Waals surface area contributed by atoms with Gasteiger partial charge in [-0.3, -0.25) is 4.79 Å². The molecular formula is C29H38N3O4S2. The maximum Gasteiger partial charge on any atom is 0.247 e. The van der Waals surface area contributed by atoms with Crippen LogP contribution in [0.15, 0.2) is 58.8 Å². The van der Waals surface area contributed by atoms with Gasteiger partial charge in [-0.05, 0) is 57.4 Å². The molecule has 0 saturated carbocycles. The molecule has 3 N–H and O–H groups in total. The largest absolute Gasteiger partial charge is 0.488 e. The summed E-state index contributed by atoms with van der Waals surface area (Å²) in [5.41, 5.74) is 8.07. The number of thiophene rings is 1. The topological polar surface area (TPSA) is 102 Å². The van der Waals surface area contributed by atoms with Gasteiger partial charge in [-0.1, -0.05) is 32.1 Å². The van der Waals surface area contributed by atoms with Crippen LogP contribution >= 0.6 is 11.3 Å². The van der Waals surface area contributed by atoms with E-state index in [9.17, 15) is 13.2 Å². The summed E-state index contributed by atoms with van der Waals surface area (Å²) in [6.45, 7) is 11.2. The van der Waals surface area contributed by atoms with Crippen molar-refractivity contribution in [2.45, 2.75) is 70.9 Å². The first-order chi connectivity index (χ1) is 17.9. The van der Waals surface area contributed by atoms with Crippen LogP contribution in [0.3, 0.4) is 0 Å². The Morgan fingerprint density at radius 2 is 2.05 bits per heavy atom. The number of carbonyl (C=O) groups excluding carboxylic acids is 1. The van der Waals surface area contributed by atoms with E-state index in [1.807, 2.05) is 53.3 Å². The number of ether oxygens (including phenoxy) is 1. The molecule has 1 aromatic heterocycles. The van der Waals surface area contributed by atoms with Crippen LogP contribution in [-0.2, 0) is 21.4 Å². The van der Waals surface area contributed by atoms with Gasteiger partial charge < -0.3 is 15.8 Å². The van der Waals surface area contributed by atoms with Crippen LogP contribution in [0.4, 0.5) is 0 Å². The van der Waals surface area contributed by atoms with Crippen molar-refractivity contribution in [1.82, 2.24) is 9.62 Å². The lowest BCUT2D eigenvalue weighted by Gasteiger charge is -2.32. The lowest BCUT2D eigenvalue weighted by molar-refractivity contribution is -0.123. The Hall–Kier alpha value is -2.62. The first-order valence-corrected chi connectivity index (χ1v) is 15.3. The number of hydrogen-bond acceptors (Lipinski definition) is 7. The number of aryl methyl sites for hydroxylation is 1. The lowest BCUT2D eigenvalue weighted by Crippen LogP contribution is -2.35. The summed E-state index contributed by atoms with van der Waals surface area (Å²) in [6, 6.07) is 8.89. The van der Waals surface area contributed by atoms with Crippen molar-refractivity contribution in [1.29, 1.82) is 0 Å². The second kappa shape index (κ2) is 11.2. The smallest absolute Gasteiger partial charge is 0.247 e. The standard InChI is InChI=1S/C29H38N3O4S2/c1-6-31-16-23(30)13-14-24(29(4,5)28(33)21-11-12-21)26-15-22(20(3)37-26)18-32-17-19(2)36-25-9-7-8-10-27(25)38(32,34)35/h7-12,15-16,19,24,31H,6,13-14,17-18,30H2,1-5H3/b23-16-/t19-,24+/m1/s1. The third kappa shape index (κ3) is 6.00. The van der Waals surface area contributed by atoms with E-state index in [0.717, 1.165) is 33.1 Å². The molecule has 0 fully saturated rings. The minimum Gasteiger partial charge on any atom is -0.488 e. The van der Waals surface area contributed by atoms with Crippen molar-refractivity contribution in [3.8, 4) is 5.75 Å². The Morgan fingerprint density at radius 3 is 2.74 bits per heavy atom. The molecule has 4 rings (SSSR count). The second-order valence-electron chi connectivity index (χ2n) is 10.6. The number of rotatable bonds is 11. The van der Waals surface area contributed by atoms with Crippen LogP contribution in [0.1, 0.15) is 61.8 Å². The summed E-state index contributed by atoms with van der Waals surface area (Å²) in [4.78, 5) is 15.6. The molecule has 1 aliphatic heterocycles. The molecule has 38 heavy (non-hydrogen) atoms. The van der Waals surface area contributed by atoms with Crippen LogP contribution in [0, 0.1) is 18.8 Å². The number of carbonyl (C=O) groups is 1. The van der Waals surface area contributed by atoms with Gasteiger partial charge in [0.15, 0.2) is 5.78 Å². The Labute approximate surface area is 230 Å². The van der Waals surface area contributed by atoms with Crippen molar-refractivity contribution < 1.29 is 17.9 Å². The molecule has 7 nitrogen and oxygen atoms in total. The average molecular weight is 557 g/mol. The number of nitrogens with zero attached hydrogens (tertiary/aromatic N) is 1. The van der Waals surface area contributed by atoms with E-state index in [-0.39, 0.29) is 35.8 Å². The normalized spacial score (nSPS) is 20.1.